The van der Waals surface area contributed by atoms with E-state index in [9.17, 15) is 9.59 Å². The lowest BCUT2D eigenvalue weighted by Crippen LogP contribution is -2.22. The number of hydrogen-bond acceptors (Lipinski definition) is 5. The van der Waals surface area contributed by atoms with Gasteiger partial charge < -0.3 is 9.30 Å². The third-order valence-corrected chi connectivity index (χ3v) is 5.97. The number of rotatable bonds is 4. The van der Waals surface area contributed by atoms with Crippen LogP contribution in [-0.4, -0.2) is 23.6 Å². The molecule has 26 heavy (non-hydrogen) atoms. The first-order chi connectivity index (χ1) is 12.5. The summed E-state index contributed by atoms with van der Waals surface area (Å²) < 4.78 is 7.34. The van der Waals surface area contributed by atoms with E-state index in [0.29, 0.717) is 9.82 Å². The zero-order valence-corrected chi connectivity index (χ0v) is 16.5. The van der Waals surface area contributed by atoms with Gasteiger partial charge in [-0.05, 0) is 42.1 Å². The fourth-order valence-corrected chi connectivity index (χ4v) is 4.28. The summed E-state index contributed by atoms with van der Waals surface area (Å²) in [7, 11) is 1.32. The molecule has 0 fully saturated rings. The number of aryl methyl sites for hydroxylation is 1. The Hall–Kier alpha value is -2.22. The predicted octanol–water partition coefficient (Wildman–Crippen LogP) is 4.04. The average Bonchev–Trinajstić information content (AvgIpc) is 3.25. The fraction of sp³-hybridized carbons (Fsp3) is 0.167. The molecule has 1 aromatic carbocycles. The lowest BCUT2D eigenvalue weighted by Gasteiger charge is -2.06. The molecule has 0 spiro atoms. The van der Waals surface area contributed by atoms with E-state index >= 15 is 0 Å². The second kappa shape index (κ2) is 7.99. The molecule has 0 radical (unpaired) electrons. The maximum Gasteiger partial charge on any atom is 0.325 e. The normalized spacial score (nSPS) is 12.2. The average molecular weight is 407 g/mol. The van der Waals surface area contributed by atoms with Gasteiger partial charge in [0.05, 0.1) is 17.3 Å². The first kappa shape index (κ1) is 18.6. The summed E-state index contributed by atoms with van der Waals surface area (Å²) in [5.41, 5.74) is 1.61. The van der Waals surface area contributed by atoms with Gasteiger partial charge in [0.15, 0.2) is 4.80 Å². The largest absolute Gasteiger partial charge is 0.468 e. The van der Waals surface area contributed by atoms with Crippen molar-refractivity contribution >= 4 is 62.4 Å². The zero-order chi connectivity index (χ0) is 18.7. The molecule has 3 rings (SSSR count). The van der Waals surface area contributed by atoms with E-state index in [2.05, 4.69) is 4.99 Å². The fourth-order valence-electron chi connectivity index (χ4n) is 2.41. The van der Waals surface area contributed by atoms with Crippen molar-refractivity contribution in [3.05, 3.63) is 56.0 Å². The van der Waals surface area contributed by atoms with E-state index in [4.69, 9.17) is 16.3 Å². The molecule has 0 atom stereocenters. The number of thiophene rings is 1. The van der Waals surface area contributed by atoms with Crippen molar-refractivity contribution in [3.63, 3.8) is 0 Å². The molecule has 0 bridgehead atoms. The van der Waals surface area contributed by atoms with Gasteiger partial charge in [0.1, 0.15) is 6.54 Å². The highest BCUT2D eigenvalue weighted by Crippen LogP contribution is 2.27. The summed E-state index contributed by atoms with van der Waals surface area (Å²) in [6, 6.07) is 7.47. The van der Waals surface area contributed by atoms with Gasteiger partial charge in [0, 0.05) is 16.0 Å². The third kappa shape index (κ3) is 3.95. The quantitative estimate of drug-likeness (QED) is 0.485. The second-order valence-electron chi connectivity index (χ2n) is 5.36. The van der Waals surface area contributed by atoms with Crippen LogP contribution in [-0.2, 0) is 20.9 Å². The van der Waals surface area contributed by atoms with Crippen LogP contribution in [0.15, 0.2) is 40.7 Å². The van der Waals surface area contributed by atoms with E-state index < -0.39 is 11.9 Å². The Bertz CT molecular complexity index is 1060. The zero-order valence-electron chi connectivity index (χ0n) is 14.1. The molecule has 8 heteroatoms. The van der Waals surface area contributed by atoms with Crippen molar-refractivity contribution < 1.29 is 14.3 Å². The SMILES string of the molecule is COC(=O)Cn1c(=NC(=O)/C=C/c2cccs2)sc2ccc(Cl)c(C)c21. The summed E-state index contributed by atoms with van der Waals surface area (Å²) in [6.07, 6.45) is 3.13. The van der Waals surface area contributed by atoms with E-state index in [1.54, 1.807) is 16.7 Å². The Morgan fingerprint density at radius 3 is 2.85 bits per heavy atom. The van der Waals surface area contributed by atoms with Crippen LogP contribution < -0.4 is 4.80 Å². The number of thiazole rings is 1. The highest BCUT2D eigenvalue weighted by atomic mass is 35.5. The van der Waals surface area contributed by atoms with Crippen molar-refractivity contribution in [1.29, 1.82) is 0 Å². The van der Waals surface area contributed by atoms with Crippen molar-refractivity contribution in [1.82, 2.24) is 4.57 Å². The summed E-state index contributed by atoms with van der Waals surface area (Å²) >= 11 is 9.08. The highest BCUT2D eigenvalue weighted by Gasteiger charge is 2.14. The number of esters is 1. The standard InChI is InChI=1S/C18H15ClN2O3S2/c1-11-13(19)6-7-14-17(11)21(10-16(23)24-2)18(26-14)20-15(22)8-5-12-4-3-9-25-12/h3-9H,10H2,1-2H3/b8-5+,20-18?. The first-order valence-corrected chi connectivity index (χ1v) is 9.72. The molecule has 3 aromatic rings. The highest BCUT2D eigenvalue weighted by molar-refractivity contribution is 7.16. The van der Waals surface area contributed by atoms with Gasteiger partial charge in [-0.25, -0.2) is 0 Å². The number of carbonyl (C=O) groups excluding carboxylic acids is 2. The Labute approximate surface area is 162 Å². The maximum atomic E-state index is 12.2. The van der Waals surface area contributed by atoms with Gasteiger partial charge in [-0.3, -0.25) is 9.59 Å². The summed E-state index contributed by atoms with van der Waals surface area (Å²) in [6.45, 7) is 1.83. The molecule has 0 N–H and O–H groups in total. The molecule has 0 aliphatic carbocycles. The molecule has 134 valence electrons. The Morgan fingerprint density at radius 1 is 1.35 bits per heavy atom. The number of hydrogen-bond donors (Lipinski definition) is 0. The molecular formula is C18H15ClN2O3S2. The number of aromatic nitrogens is 1. The van der Waals surface area contributed by atoms with Crippen molar-refractivity contribution in [2.24, 2.45) is 4.99 Å². The number of nitrogens with zero attached hydrogens (tertiary/aromatic N) is 2. The molecule has 2 heterocycles. The van der Waals surface area contributed by atoms with E-state index in [-0.39, 0.29) is 6.54 Å². The molecule has 5 nitrogen and oxygen atoms in total. The van der Waals surface area contributed by atoms with E-state index in [1.807, 2.05) is 30.5 Å². The minimum atomic E-state index is -0.424. The maximum absolute atomic E-state index is 12.2. The summed E-state index contributed by atoms with van der Waals surface area (Å²) in [5, 5.41) is 2.52. The van der Waals surface area contributed by atoms with Gasteiger partial charge in [-0.1, -0.05) is 29.0 Å². The lowest BCUT2D eigenvalue weighted by molar-refractivity contribution is -0.141. The monoisotopic (exact) mass is 406 g/mol. The molecule has 0 saturated heterocycles. The van der Waals surface area contributed by atoms with Crippen LogP contribution in [0.25, 0.3) is 16.3 Å². The second-order valence-corrected chi connectivity index (χ2v) is 7.76. The number of halogens is 1. The lowest BCUT2D eigenvalue weighted by atomic mass is 10.2. The van der Waals surface area contributed by atoms with Gasteiger partial charge in [0.25, 0.3) is 5.91 Å². The molecule has 0 aliphatic heterocycles. The first-order valence-electron chi connectivity index (χ1n) is 7.65. The molecular weight excluding hydrogens is 392 g/mol. The van der Waals surface area contributed by atoms with Crippen LogP contribution in [0, 0.1) is 6.92 Å². The van der Waals surface area contributed by atoms with Gasteiger partial charge in [0.2, 0.25) is 0 Å². The molecule has 0 aliphatic rings. The minimum absolute atomic E-state index is 0.0432. The van der Waals surface area contributed by atoms with E-state index in [0.717, 1.165) is 20.7 Å². The van der Waals surface area contributed by atoms with E-state index in [1.165, 1.54) is 35.9 Å². The smallest absolute Gasteiger partial charge is 0.325 e. The van der Waals surface area contributed by atoms with Gasteiger partial charge in [-0.2, -0.15) is 4.99 Å². The number of benzene rings is 1. The number of fused-ring (bicyclic) bond motifs is 1. The van der Waals surface area contributed by atoms with Crippen molar-refractivity contribution in [2.45, 2.75) is 13.5 Å². The summed E-state index contributed by atoms with van der Waals surface area (Å²) in [5.74, 6) is -0.820. The third-order valence-electron chi connectivity index (χ3n) is 3.68. The molecule has 0 unspecified atom stereocenters. The topological polar surface area (TPSA) is 60.7 Å². The Morgan fingerprint density at radius 2 is 2.15 bits per heavy atom. The Kier molecular flexibility index (Phi) is 5.70. The molecule has 1 amide bonds. The Balaban J connectivity index is 2.09. The summed E-state index contributed by atoms with van der Waals surface area (Å²) in [4.78, 5) is 29.6. The van der Waals surface area contributed by atoms with Crippen LogP contribution in [0.1, 0.15) is 10.4 Å². The number of ether oxygens (including phenoxy) is 1. The van der Waals surface area contributed by atoms with Gasteiger partial charge in [-0.15, -0.1) is 11.3 Å². The van der Waals surface area contributed by atoms with Crippen LogP contribution >= 0.6 is 34.3 Å². The number of carbonyl (C=O) groups is 2. The van der Waals surface area contributed by atoms with Crippen molar-refractivity contribution in [2.75, 3.05) is 7.11 Å². The molecule has 0 saturated carbocycles. The van der Waals surface area contributed by atoms with Crippen LogP contribution in [0.3, 0.4) is 0 Å². The minimum Gasteiger partial charge on any atom is -0.468 e. The number of methoxy groups -OCH3 is 1. The van der Waals surface area contributed by atoms with Crippen molar-refractivity contribution in [3.8, 4) is 0 Å². The predicted molar refractivity (Wildman–Crippen MR) is 106 cm³/mol. The number of amides is 1. The molecule has 2 aromatic heterocycles. The van der Waals surface area contributed by atoms with Crippen LogP contribution in [0.2, 0.25) is 5.02 Å². The van der Waals surface area contributed by atoms with Crippen LogP contribution in [0.4, 0.5) is 0 Å². The van der Waals surface area contributed by atoms with Crippen LogP contribution in [0.5, 0.6) is 0 Å². The van der Waals surface area contributed by atoms with Gasteiger partial charge >= 0.3 is 5.97 Å².